The molecule has 0 saturated carbocycles. The summed E-state index contributed by atoms with van der Waals surface area (Å²) in [7, 11) is -3.03. The molecule has 0 aliphatic carbocycles. The quantitative estimate of drug-likeness (QED) is 0.762. The first-order chi connectivity index (χ1) is 9.85. The van der Waals surface area contributed by atoms with Crippen LogP contribution in [0.2, 0.25) is 0 Å². The van der Waals surface area contributed by atoms with Crippen LogP contribution in [0.3, 0.4) is 0 Å². The van der Waals surface area contributed by atoms with Crippen molar-refractivity contribution in [2.24, 2.45) is 5.92 Å². The van der Waals surface area contributed by atoms with Gasteiger partial charge in [0, 0.05) is 18.2 Å². The zero-order chi connectivity index (χ0) is 15.9. The summed E-state index contributed by atoms with van der Waals surface area (Å²) in [6, 6.07) is 6.62. The molecule has 0 fully saturated rings. The fraction of sp³-hybridized carbons (Fsp3) is 0.625. The van der Waals surface area contributed by atoms with E-state index < -0.39 is 9.84 Å². The van der Waals surface area contributed by atoms with Gasteiger partial charge in [-0.3, -0.25) is 0 Å². The van der Waals surface area contributed by atoms with E-state index in [9.17, 15) is 12.8 Å². The summed E-state index contributed by atoms with van der Waals surface area (Å²) in [6.45, 7) is 7.29. The normalized spacial score (nSPS) is 13.6. The molecule has 0 heterocycles. The van der Waals surface area contributed by atoms with Crippen molar-refractivity contribution in [2.45, 2.75) is 33.1 Å². The fourth-order valence-corrected chi connectivity index (χ4v) is 3.12. The van der Waals surface area contributed by atoms with Crippen molar-refractivity contribution in [1.29, 1.82) is 0 Å². The van der Waals surface area contributed by atoms with E-state index in [-0.39, 0.29) is 23.2 Å². The SMILES string of the molecule is CCS(=O)(=O)CCC(CNCC(C)C)c1ccccc1F. The third-order valence-corrected chi connectivity index (χ3v) is 5.24. The van der Waals surface area contributed by atoms with Crippen molar-refractivity contribution in [3.63, 3.8) is 0 Å². The molecular weight excluding hydrogens is 289 g/mol. The molecule has 0 aromatic heterocycles. The highest BCUT2D eigenvalue weighted by atomic mass is 32.2. The zero-order valence-corrected chi connectivity index (χ0v) is 13.9. The molecule has 120 valence electrons. The highest BCUT2D eigenvalue weighted by molar-refractivity contribution is 7.91. The van der Waals surface area contributed by atoms with Gasteiger partial charge in [-0.1, -0.05) is 39.0 Å². The predicted octanol–water partition coefficient (Wildman–Crippen LogP) is 2.98. The van der Waals surface area contributed by atoms with Crippen LogP contribution in [0.15, 0.2) is 24.3 Å². The zero-order valence-electron chi connectivity index (χ0n) is 13.1. The molecule has 5 heteroatoms. The molecule has 1 aromatic carbocycles. The molecule has 0 amide bonds. The lowest BCUT2D eigenvalue weighted by Gasteiger charge is -2.19. The second-order valence-electron chi connectivity index (χ2n) is 5.80. The molecule has 3 nitrogen and oxygen atoms in total. The number of hydrogen-bond acceptors (Lipinski definition) is 3. The average molecular weight is 315 g/mol. The number of benzene rings is 1. The number of hydrogen-bond donors (Lipinski definition) is 1. The van der Waals surface area contributed by atoms with E-state index in [2.05, 4.69) is 19.2 Å². The summed E-state index contributed by atoms with van der Waals surface area (Å²) >= 11 is 0. The summed E-state index contributed by atoms with van der Waals surface area (Å²) < 4.78 is 37.3. The lowest BCUT2D eigenvalue weighted by atomic mass is 9.95. The van der Waals surface area contributed by atoms with Gasteiger partial charge in [-0.2, -0.15) is 0 Å². The molecule has 0 spiro atoms. The van der Waals surface area contributed by atoms with Crippen LogP contribution in [0.1, 0.15) is 38.7 Å². The molecule has 0 saturated heterocycles. The van der Waals surface area contributed by atoms with Crippen molar-refractivity contribution in [2.75, 3.05) is 24.6 Å². The Labute approximate surface area is 127 Å². The maximum Gasteiger partial charge on any atom is 0.150 e. The summed E-state index contributed by atoms with van der Waals surface area (Å²) in [6.07, 6.45) is 0.447. The van der Waals surface area contributed by atoms with Gasteiger partial charge in [-0.15, -0.1) is 0 Å². The summed E-state index contributed by atoms with van der Waals surface area (Å²) in [4.78, 5) is 0. The van der Waals surface area contributed by atoms with Crippen molar-refractivity contribution in [3.05, 3.63) is 35.6 Å². The number of nitrogens with one attached hydrogen (secondary N) is 1. The number of halogens is 1. The minimum atomic E-state index is -3.03. The third kappa shape index (κ3) is 6.57. The average Bonchev–Trinajstić information content (AvgIpc) is 2.43. The summed E-state index contributed by atoms with van der Waals surface area (Å²) in [5.41, 5.74) is 0.597. The van der Waals surface area contributed by atoms with Gasteiger partial charge < -0.3 is 5.32 Å². The second-order valence-corrected chi connectivity index (χ2v) is 8.27. The number of sulfone groups is 1. The van der Waals surface area contributed by atoms with Crippen LogP contribution in [-0.2, 0) is 9.84 Å². The Morgan fingerprint density at radius 3 is 2.43 bits per heavy atom. The first-order valence-electron chi connectivity index (χ1n) is 7.51. The lowest BCUT2D eigenvalue weighted by molar-refractivity contribution is 0.492. The van der Waals surface area contributed by atoms with Crippen LogP contribution in [0.25, 0.3) is 0 Å². The van der Waals surface area contributed by atoms with Crippen molar-refractivity contribution in [3.8, 4) is 0 Å². The fourth-order valence-electron chi connectivity index (χ4n) is 2.19. The van der Waals surface area contributed by atoms with E-state index in [4.69, 9.17) is 0 Å². The van der Waals surface area contributed by atoms with Gasteiger partial charge in [0.1, 0.15) is 15.7 Å². The van der Waals surface area contributed by atoms with Crippen LogP contribution < -0.4 is 5.32 Å². The van der Waals surface area contributed by atoms with Gasteiger partial charge >= 0.3 is 0 Å². The first-order valence-corrected chi connectivity index (χ1v) is 9.33. The first kappa shape index (κ1) is 18.1. The molecule has 1 unspecified atom stereocenters. The maximum absolute atomic E-state index is 14.0. The van der Waals surface area contributed by atoms with E-state index in [1.165, 1.54) is 6.07 Å². The Kier molecular flexibility index (Phi) is 7.32. The third-order valence-electron chi connectivity index (χ3n) is 3.51. The maximum atomic E-state index is 14.0. The minimum absolute atomic E-state index is 0.103. The van der Waals surface area contributed by atoms with E-state index >= 15 is 0 Å². The summed E-state index contributed by atoms with van der Waals surface area (Å²) in [5.74, 6) is 0.363. The Morgan fingerprint density at radius 1 is 1.19 bits per heavy atom. The van der Waals surface area contributed by atoms with Gasteiger partial charge in [-0.05, 0) is 30.5 Å². The highest BCUT2D eigenvalue weighted by Crippen LogP contribution is 2.23. The summed E-state index contributed by atoms with van der Waals surface area (Å²) in [5, 5.41) is 3.30. The molecular formula is C16H26FNO2S. The Balaban J connectivity index is 2.77. The van der Waals surface area contributed by atoms with Crippen molar-refractivity contribution < 1.29 is 12.8 Å². The van der Waals surface area contributed by atoms with Crippen LogP contribution in [0, 0.1) is 11.7 Å². The highest BCUT2D eigenvalue weighted by Gasteiger charge is 2.18. The van der Waals surface area contributed by atoms with Gasteiger partial charge in [0.25, 0.3) is 0 Å². The topological polar surface area (TPSA) is 46.2 Å². The standard InChI is InChI=1S/C16H26FNO2S/c1-4-21(19,20)10-9-14(12-18-11-13(2)3)15-7-5-6-8-16(15)17/h5-8,13-14,18H,4,9-12H2,1-3H3. The molecule has 0 bridgehead atoms. The Morgan fingerprint density at radius 2 is 1.86 bits per heavy atom. The molecule has 1 rings (SSSR count). The van der Waals surface area contributed by atoms with E-state index in [0.29, 0.717) is 24.4 Å². The smallest absolute Gasteiger partial charge is 0.150 e. The van der Waals surface area contributed by atoms with Crippen molar-refractivity contribution >= 4 is 9.84 Å². The molecule has 0 radical (unpaired) electrons. The number of rotatable bonds is 9. The van der Waals surface area contributed by atoms with Crippen LogP contribution in [0.5, 0.6) is 0 Å². The van der Waals surface area contributed by atoms with Gasteiger partial charge in [0.05, 0.1) is 5.75 Å². The largest absolute Gasteiger partial charge is 0.316 e. The molecule has 21 heavy (non-hydrogen) atoms. The van der Waals surface area contributed by atoms with Crippen LogP contribution >= 0.6 is 0 Å². The predicted molar refractivity (Wildman–Crippen MR) is 85.8 cm³/mol. The van der Waals surface area contributed by atoms with Gasteiger partial charge in [0.15, 0.2) is 0 Å². The van der Waals surface area contributed by atoms with Crippen molar-refractivity contribution in [1.82, 2.24) is 5.32 Å². The lowest BCUT2D eigenvalue weighted by Crippen LogP contribution is -2.27. The Bertz CT molecular complexity index is 529. The van der Waals surface area contributed by atoms with Crippen LogP contribution in [-0.4, -0.2) is 33.0 Å². The molecule has 1 atom stereocenters. The molecule has 1 N–H and O–H groups in total. The van der Waals surface area contributed by atoms with Crippen LogP contribution in [0.4, 0.5) is 4.39 Å². The molecule has 0 aliphatic heterocycles. The second kappa shape index (κ2) is 8.49. The minimum Gasteiger partial charge on any atom is -0.316 e. The van der Waals surface area contributed by atoms with Gasteiger partial charge in [-0.25, -0.2) is 12.8 Å². The van der Waals surface area contributed by atoms with Gasteiger partial charge in [0.2, 0.25) is 0 Å². The van der Waals surface area contributed by atoms with E-state index in [1.807, 2.05) is 0 Å². The molecule has 0 aliphatic rings. The van der Waals surface area contributed by atoms with E-state index in [0.717, 1.165) is 6.54 Å². The monoisotopic (exact) mass is 315 g/mol. The molecule has 1 aromatic rings. The Hall–Kier alpha value is -0.940. The van der Waals surface area contributed by atoms with E-state index in [1.54, 1.807) is 25.1 Å².